The van der Waals surface area contributed by atoms with Gasteiger partial charge in [0.1, 0.15) is 0 Å². The van der Waals surface area contributed by atoms with Crippen molar-refractivity contribution in [3.8, 4) is 0 Å². The molecule has 132 valence electrons. The lowest BCUT2D eigenvalue weighted by atomic mass is 9.85. The van der Waals surface area contributed by atoms with Crippen LogP contribution in [0.1, 0.15) is 38.2 Å². The van der Waals surface area contributed by atoms with Crippen molar-refractivity contribution < 1.29 is 9.90 Å². The molecule has 0 saturated carbocycles. The molecule has 0 radical (unpaired) electrons. The van der Waals surface area contributed by atoms with Crippen molar-refractivity contribution in [1.29, 1.82) is 0 Å². The summed E-state index contributed by atoms with van der Waals surface area (Å²) in [6.45, 7) is 6.20. The fourth-order valence-electron chi connectivity index (χ4n) is 3.83. The molecule has 1 aromatic carbocycles. The minimum Gasteiger partial charge on any atom is -0.389 e. The molecule has 4 heteroatoms. The number of benzene rings is 1. The quantitative estimate of drug-likeness (QED) is 0.921. The van der Waals surface area contributed by atoms with E-state index >= 15 is 0 Å². The van der Waals surface area contributed by atoms with E-state index in [2.05, 4.69) is 24.0 Å². The van der Waals surface area contributed by atoms with Gasteiger partial charge in [-0.15, -0.1) is 0 Å². The predicted molar refractivity (Wildman–Crippen MR) is 95.7 cm³/mol. The standard InChI is InChI=1S/C20H30N2O2/c1-17-7-11-22(12-8-17)19(23)16-21-13-9-20(24,10-14-21)15-18-5-3-2-4-6-18/h2-6,17,24H,7-16H2,1H3. The van der Waals surface area contributed by atoms with Gasteiger partial charge in [-0.25, -0.2) is 0 Å². The predicted octanol–water partition coefficient (Wildman–Crippen LogP) is 2.31. The molecule has 2 heterocycles. The Hall–Kier alpha value is -1.39. The minimum atomic E-state index is -0.624. The normalized spacial score (nSPS) is 22.5. The first-order valence-corrected chi connectivity index (χ1v) is 9.30. The average molecular weight is 330 g/mol. The number of aliphatic hydroxyl groups is 1. The van der Waals surface area contributed by atoms with Crippen molar-refractivity contribution in [1.82, 2.24) is 9.80 Å². The van der Waals surface area contributed by atoms with Crippen LogP contribution in [0.25, 0.3) is 0 Å². The summed E-state index contributed by atoms with van der Waals surface area (Å²) in [5, 5.41) is 10.8. The Morgan fingerprint density at radius 1 is 1.12 bits per heavy atom. The highest BCUT2D eigenvalue weighted by atomic mass is 16.3. The molecule has 0 aromatic heterocycles. The molecule has 0 spiro atoms. The van der Waals surface area contributed by atoms with Gasteiger partial charge < -0.3 is 10.0 Å². The fourth-order valence-corrected chi connectivity index (χ4v) is 3.83. The van der Waals surface area contributed by atoms with E-state index in [0.717, 1.165) is 57.8 Å². The molecule has 2 aliphatic heterocycles. The highest BCUT2D eigenvalue weighted by Crippen LogP contribution is 2.26. The van der Waals surface area contributed by atoms with Crippen molar-refractivity contribution in [2.75, 3.05) is 32.7 Å². The molecule has 0 atom stereocenters. The molecule has 0 unspecified atom stereocenters. The highest BCUT2D eigenvalue weighted by Gasteiger charge is 2.33. The van der Waals surface area contributed by atoms with Gasteiger partial charge in [-0.3, -0.25) is 9.69 Å². The van der Waals surface area contributed by atoms with Crippen LogP contribution in [0.15, 0.2) is 30.3 Å². The number of hydrogen-bond donors (Lipinski definition) is 1. The summed E-state index contributed by atoms with van der Waals surface area (Å²) in [4.78, 5) is 16.7. The van der Waals surface area contributed by atoms with Crippen molar-refractivity contribution in [3.05, 3.63) is 35.9 Å². The number of carbonyl (C=O) groups is 1. The Bertz CT molecular complexity index is 530. The van der Waals surface area contributed by atoms with Crippen molar-refractivity contribution >= 4 is 5.91 Å². The zero-order valence-corrected chi connectivity index (χ0v) is 14.8. The Labute approximate surface area is 145 Å². The summed E-state index contributed by atoms with van der Waals surface area (Å²) in [6.07, 6.45) is 4.45. The van der Waals surface area contributed by atoms with Crippen LogP contribution in [-0.4, -0.2) is 59.1 Å². The Morgan fingerprint density at radius 2 is 1.75 bits per heavy atom. The Morgan fingerprint density at radius 3 is 2.38 bits per heavy atom. The summed E-state index contributed by atoms with van der Waals surface area (Å²) < 4.78 is 0. The summed E-state index contributed by atoms with van der Waals surface area (Å²) in [5.41, 5.74) is 0.563. The summed E-state index contributed by atoms with van der Waals surface area (Å²) in [7, 11) is 0. The van der Waals surface area contributed by atoms with Gasteiger partial charge >= 0.3 is 0 Å². The van der Waals surface area contributed by atoms with E-state index in [-0.39, 0.29) is 5.91 Å². The topological polar surface area (TPSA) is 43.8 Å². The fraction of sp³-hybridized carbons (Fsp3) is 0.650. The zero-order valence-electron chi connectivity index (χ0n) is 14.8. The van der Waals surface area contributed by atoms with Crippen LogP contribution in [0.2, 0.25) is 0 Å². The molecular weight excluding hydrogens is 300 g/mol. The van der Waals surface area contributed by atoms with Crippen LogP contribution in [-0.2, 0) is 11.2 Å². The highest BCUT2D eigenvalue weighted by molar-refractivity contribution is 5.78. The van der Waals surface area contributed by atoms with Crippen molar-refractivity contribution in [2.24, 2.45) is 5.92 Å². The van der Waals surface area contributed by atoms with Crippen LogP contribution in [0.5, 0.6) is 0 Å². The van der Waals surface area contributed by atoms with Gasteiger partial charge in [0, 0.05) is 32.6 Å². The van der Waals surface area contributed by atoms with Crippen LogP contribution < -0.4 is 0 Å². The van der Waals surface area contributed by atoms with E-state index in [1.54, 1.807) is 0 Å². The largest absolute Gasteiger partial charge is 0.389 e. The van der Waals surface area contributed by atoms with Gasteiger partial charge in [0.15, 0.2) is 0 Å². The van der Waals surface area contributed by atoms with Crippen molar-refractivity contribution in [3.63, 3.8) is 0 Å². The summed E-state index contributed by atoms with van der Waals surface area (Å²) in [6, 6.07) is 10.2. The van der Waals surface area contributed by atoms with Gasteiger partial charge in [-0.2, -0.15) is 0 Å². The molecule has 0 aliphatic carbocycles. The molecule has 1 aromatic rings. The van der Waals surface area contributed by atoms with E-state index in [0.29, 0.717) is 13.0 Å². The van der Waals surface area contributed by atoms with E-state index in [4.69, 9.17) is 0 Å². The second-order valence-electron chi connectivity index (χ2n) is 7.73. The lowest BCUT2D eigenvalue weighted by molar-refractivity contribution is -0.135. The Kier molecular flexibility index (Phi) is 5.57. The van der Waals surface area contributed by atoms with Gasteiger partial charge in [-0.05, 0) is 37.2 Å². The summed E-state index contributed by atoms with van der Waals surface area (Å²) >= 11 is 0. The first kappa shape index (κ1) is 17.4. The van der Waals surface area contributed by atoms with E-state index in [9.17, 15) is 9.90 Å². The molecule has 2 saturated heterocycles. The van der Waals surface area contributed by atoms with E-state index in [1.165, 1.54) is 5.56 Å². The maximum absolute atomic E-state index is 12.4. The third-order valence-electron chi connectivity index (χ3n) is 5.66. The molecule has 2 fully saturated rings. The number of likely N-dealkylation sites (tertiary alicyclic amines) is 2. The molecule has 2 aliphatic rings. The maximum atomic E-state index is 12.4. The van der Waals surface area contributed by atoms with Crippen LogP contribution in [0.3, 0.4) is 0 Å². The number of piperidine rings is 2. The number of hydrogen-bond acceptors (Lipinski definition) is 3. The van der Waals surface area contributed by atoms with Crippen molar-refractivity contribution in [2.45, 2.75) is 44.6 Å². The maximum Gasteiger partial charge on any atom is 0.236 e. The Balaban J connectivity index is 1.45. The van der Waals surface area contributed by atoms with Crippen LogP contribution in [0.4, 0.5) is 0 Å². The molecule has 24 heavy (non-hydrogen) atoms. The molecule has 1 amide bonds. The lowest BCUT2D eigenvalue weighted by Crippen LogP contribution is -2.50. The first-order chi connectivity index (χ1) is 11.5. The van der Waals surface area contributed by atoms with Crippen LogP contribution in [0, 0.1) is 5.92 Å². The van der Waals surface area contributed by atoms with Gasteiger partial charge in [0.25, 0.3) is 0 Å². The van der Waals surface area contributed by atoms with Crippen LogP contribution >= 0.6 is 0 Å². The third-order valence-corrected chi connectivity index (χ3v) is 5.66. The minimum absolute atomic E-state index is 0.260. The van der Waals surface area contributed by atoms with Gasteiger partial charge in [0.05, 0.1) is 12.1 Å². The molecule has 3 rings (SSSR count). The molecular formula is C20H30N2O2. The summed E-state index contributed by atoms with van der Waals surface area (Å²) in [5.74, 6) is 1.01. The monoisotopic (exact) mass is 330 g/mol. The average Bonchev–Trinajstić information content (AvgIpc) is 2.58. The third kappa shape index (κ3) is 4.58. The number of nitrogens with zero attached hydrogens (tertiary/aromatic N) is 2. The SMILES string of the molecule is CC1CCN(C(=O)CN2CCC(O)(Cc3ccccc3)CC2)CC1. The van der Waals surface area contributed by atoms with Gasteiger partial charge in [0.2, 0.25) is 5.91 Å². The number of rotatable bonds is 4. The molecule has 0 bridgehead atoms. The van der Waals surface area contributed by atoms with E-state index in [1.807, 2.05) is 23.1 Å². The second-order valence-corrected chi connectivity index (χ2v) is 7.73. The van der Waals surface area contributed by atoms with Gasteiger partial charge in [-0.1, -0.05) is 37.3 Å². The van der Waals surface area contributed by atoms with E-state index < -0.39 is 5.60 Å². The molecule has 1 N–H and O–H groups in total. The molecule has 4 nitrogen and oxygen atoms in total. The number of carbonyl (C=O) groups excluding carboxylic acids is 1. The number of amides is 1. The smallest absolute Gasteiger partial charge is 0.236 e. The first-order valence-electron chi connectivity index (χ1n) is 9.30. The lowest BCUT2D eigenvalue weighted by Gasteiger charge is -2.39. The zero-order chi connectivity index (χ0) is 17.0. The second kappa shape index (κ2) is 7.66.